The van der Waals surface area contributed by atoms with Gasteiger partial charge < -0.3 is 9.47 Å². The maximum absolute atomic E-state index is 14.4. The van der Waals surface area contributed by atoms with Crippen molar-refractivity contribution in [2.75, 3.05) is 20.0 Å². The van der Waals surface area contributed by atoms with E-state index in [1.807, 2.05) is 6.92 Å². The smallest absolute Gasteiger partial charge is 0.232 e. The molecule has 3 aromatic rings. The number of unbranched alkanes of at least 4 members (excludes halogenated alkanes) is 1. The number of sulfone groups is 1. The van der Waals surface area contributed by atoms with Crippen molar-refractivity contribution in [3.63, 3.8) is 0 Å². The Bertz CT molecular complexity index is 1270. The van der Waals surface area contributed by atoms with Gasteiger partial charge in [0.05, 0.1) is 24.3 Å². The normalized spacial score (nSPS) is 11.1. The summed E-state index contributed by atoms with van der Waals surface area (Å²) >= 11 is 0. The average Bonchev–Trinajstić information content (AvgIpc) is 2.78. The molecule has 0 atom stereocenters. The van der Waals surface area contributed by atoms with Crippen LogP contribution in [0, 0.1) is 17.1 Å². The molecule has 0 aliphatic carbocycles. The van der Waals surface area contributed by atoms with Crippen molar-refractivity contribution in [1.82, 2.24) is 4.98 Å². The molecule has 1 aromatic heterocycles. The molecule has 0 spiro atoms. The summed E-state index contributed by atoms with van der Waals surface area (Å²) in [5.74, 6) is -0.285. The molecule has 3 rings (SSSR count). The standard InChI is InChI=1S/C24H23FN2O4S/c1-4-5-12-31-24-18(15-26)13-20(16-6-9-19(10-7-16)32(3,28)29)23(27-24)17-8-11-22(30-2)21(25)14-17/h6-11,13-14H,4-5,12H2,1-3H3. The van der Waals surface area contributed by atoms with Crippen LogP contribution in [0.4, 0.5) is 4.39 Å². The molecule has 0 unspecified atom stereocenters. The summed E-state index contributed by atoms with van der Waals surface area (Å²) in [5.41, 5.74) is 2.29. The average molecular weight is 455 g/mol. The number of nitriles is 1. The fraction of sp³-hybridized carbons (Fsp3) is 0.250. The number of benzene rings is 2. The van der Waals surface area contributed by atoms with Crippen LogP contribution < -0.4 is 9.47 Å². The first kappa shape index (κ1) is 23.2. The van der Waals surface area contributed by atoms with Gasteiger partial charge in [0.15, 0.2) is 21.4 Å². The van der Waals surface area contributed by atoms with Crippen molar-refractivity contribution in [2.24, 2.45) is 0 Å². The van der Waals surface area contributed by atoms with Gasteiger partial charge in [0, 0.05) is 17.4 Å². The Balaban J connectivity index is 2.20. The van der Waals surface area contributed by atoms with Crippen molar-refractivity contribution < 1.29 is 22.3 Å². The molecule has 0 saturated heterocycles. The van der Waals surface area contributed by atoms with Crippen molar-refractivity contribution in [1.29, 1.82) is 5.26 Å². The minimum absolute atomic E-state index is 0.0980. The van der Waals surface area contributed by atoms with Crippen LogP contribution in [0.3, 0.4) is 0 Å². The van der Waals surface area contributed by atoms with Crippen molar-refractivity contribution in [3.8, 4) is 40.1 Å². The molecule has 166 valence electrons. The third-order valence-corrected chi connectivity index (χ3v) is 5.99. The van der Waals surface area contributed by atoms with E-state index in [0.717, 1.165) is 19.1 Å². The SMILES string of the molecule is CCCCOc1nc(-c2ccc(OC)c(F)c2)c(-c2ccc(S(C)(=O)=O)cc2)cc1C#N. The van der Waals surface area contributed by atoms with Crippen LogP contribution >= 0.6 is 0 Å². The predicted molar refractivity (Wildman–Crippen MR) is 120 cm³/mol. The van der Waals surface area contributed by atoms with E-state index in [1.54, 1.807) is 24.3 Å². The van der Waals surface area contributed by atoms with Gasteiger partial charge in [-0.1, -0.05) is 25.5 Å². The summed E-state index contributed by atoms with van der Waals surface area (Å²) in [6, 6.07) is 14.4. The number of nitrogens with zero attached hydrogens (tertiary/aromatic N) is 2. The Morgan fingerprint density at radius 1 is 1.09 bits per heavy atom. The van der Waals surface area contributed by atoms with Gasteiger partial charge in [0.25, 0.3) is 0 Å². The Labute approximate surface area is 187 Å². The van der Waals surface area contributed by atoms with E-state index in [0.29, 0.717) is 29.0 Å². The number of aromatic nitrogens is 1. The summed E-state index contributed by atoms with van der Waals surface area (Å²) in [6.07, 6.45) is 2.85. The highest BCUT2D eigenvalue weighted by Gasteiger charge is 2.18. The number of hydrogen-bond acceptors (Lipinski definition) is 6. The van der Waals surface area contributed by atoms with E-state index in [4.69, 9.17) is 9.47 Å². The number of rotatable bonds is 8. The second-order valence-corrected chi connectivity index (χ2v) is 9.21. The fourth-order valence-electron chi connectivity index (χ4n) is 3.14. The van der Waals surface area contributed by atoms with Crippen LogP contribution in [0.5, 0.6) is 11.6 Å². The van der Waals surface area contributed by atoms with Gasteiger partial charge in [-0.3, -0.25) is 0 Å². The van der Waals surface area contributed by atoms with Crippen LogP contribution in [0.1, 0.15) is 25.3 Å². The molecular weight excluding hydrogens is 431 g/mol. The van der Waals surface area contributed by atoms with Crippen LogP contribution in [-0.2, 0) is 9.84 Å². The maximum atomic E-state index is 14.4. The molecule has 0 radical (unpaired) electrons. The lowest BCUT2D eigenvalue weighted by atomic mass is 9.97. The quantitative estimate of drug-likeness (QED) is 0.444. The lowest BCUT2D eigenvalue weighted by molar-refractivity contribution is 0.297. The first-order valence-corrected chi connectivity index (χ1v) is 11.9. The monoisotopic (exact) mass is 454 g/mol. The highest BCUT2D eigenvalue weighted by atomic mass is 32.2. The Morgan fingerprint density at radius 2 is 1.78 bits per heavy atom. The molecular formula is C24H23FN2O4S. The van der Waals surface area contributed by atoms with E-state index >= 15 is 0 Å². The molecule has 1 heterocycles. The minimum atomic E-state index is -3.36. The van der Waals surface area contributed by atoms with E-state index in [9.17, 15) is 18.1 Å². The topological polar surface area (TPSA) is 89.3 Å². The molecule has 0 saturated carbocycles. The number of hydrogen-bond donors (Lipinski definition) is 0. The third kappa shape index (κ3) is 5.06. The Kier molecular flexibility index (Phi) is 7.11. The molecule has 2 aromatic carbocycles. The van der Waals surface area contributed by atoms with Crippen LogP contribution in [0.25, 0.3) is 22.4 Å². The molecule has 0 amide bonds. The van der Waals surface area contributed by atoms with Gasteiger partial charge in [0.2, 0.25) is 5.88 Å². The van der Waals surface area contributed by atoms with Gasteiger partial charge in [0.1, 0.15) is 11.6 Å². The van der Waals surface area contributed by atoms with Gasteiger partial charge in [-0.2, -0.15) is 5.26 Å². The second-order valence-electron chi connectivity index (χ2n) is 7.20. The zero-order chi connectivity index (χ0) is 23.3. The zero-order valence-electron chi connectivity index (χ0n) is 18.1. The molecule has 0 bridgehead atoms. The number of ether oxygens (including phenoxy) is 2. The molecule has 32 heavy (non-hydrogen) atoms. The molecule has 0 aliphatic heterocycles. The molecule has 0 N–H and O–H groups in total. The minimum Gasteiger partial charge on any atom is -0.494 e. The Hall–Kier alpha value is -3.44. The first-order chi connectivity index (χ1) is 15.3. The van der Waals surface area contributed by atoms with Crippen LogP contribution in [0.15, 0.2) is 53.4 Å². The first-order valence-electron chi connectivity index (χ1n) is 10.0. The lowest BCUT2D eigenvalue weighted by Gasteiger charge is -2.15. The van der Waals surface area contributed by atoms with Gasteiger partial charge in [-0.25, -0.2) is 17.8 Å². The molecule has 0 fully saturated rings. The summed E-state index contributed by atoms with van der Waals surface area (Å²) in [5, 5.41) is 9.65. The van der Waals surface area contributed by atoms with Gasteiger partial charge in [-0.05, 0) is 48.4 Å². The van der Waals surface area contributed by atoms with Crippen LogP contribution in [-0.4, -0.2) is 33.4 Å². The van der Waals surface area contributed by atoms with Gasteiger partial charge >= 0.3 is 0 Å². The summed E-state index contributed by atoms with van der Waals surface area (Å²) in [7, 11) is -1.98. The second kappa shape index (κ2) is 9.79. The summed E-state index contributed by atoms with van der Waals surface area (Å²) in [6.45, 7) is 2.42. The van der Waals surface area contributed by atoms with Crippen molar-refractivity contribution in [3.05, 3.63) is 59.9 Å². The Morgan fingerprint density at radius 3 is 2.34 bits per heavy atom. The zero-order valence-corrected chi connectivity index (χ0v) is 18.9. The van der Waals surface area contributed by atoms with E-state index in [1.165, 1.54) is 31.4 Å². The summed E-state index contributed by atoms with van der Waals surface area (Å²) < 4.78 is 48.8. The number of pyridine rings is 1. The number of methoxy groups -OCH3 is 1. The summed E-state index contributed by atoms with van der Waals surface area (Å²) in [4.78, 5) is 4.73. The van der Waals surface area contributed by atoms with E-state index in [2.05, 4.69) is 11.1 Å². The highest BCUT2D eigenvalue weighted by Crippen LogP contribution is 2.36. The van der Waals surface area contributed by atoms with E-state index < -0.39 is 15.7 Å². The molecule has 0 aliphatic rings. The predicted octanol–water partition coefficient (Wildman–Crippen LogP) is 5.02. The maximum Gasteiger partial charge on any atom is 0.232 e. The van der Waals surface area contributed by atoms with Gasteiger partial charge in [-0.15, -0.1) is 0 Å². The lowest BCUT2D eigenvalue weighted by Crippen LogP contribution is -2.03. The largest absolute Gasteiger partial charge is 0.494 e. The van der Waals surface area contributed by atoms with Crippen LogP contribution in [0.2, 0.25) is 0 Å². The molecule has 6 nitrogen and oxygen atoms in total. The van der Waals surface area contributed by atoms with E-state index in [-0.39, 0.29) is 22.1 Å². The fourth-order valence-corrected chi connectivity index (χ4v) is 3.77. The third-order valence-electron chi connectivity index (χ3n) is 4.86. The van der Waals surface area contributed by atoms with Crippen molar-refractivity contribution in [2.45, 2.75) is 24.7 Å². The molecule has 8 heteroatoms. The highest BCUT2D eigenvalue weighted by molar-refractivity contribution is 7.90. The van der Waals surface area contributed by atoms with Crippen molar-refractivity contribution >= 4 is 9.84 Å². The number of halogens is 1.